The highest BCUT2D eigenvalue weighted by Crippen LogP contribution is 2.20. The second kappa shape index (κ2) is 9.04. The zero-order chi connectivity index (χ0) is 16.7. The minimum Gasteiger partial charge on any atom is -0.379 e. The molecule has 1 aromatic rings. The molecule has 1 atom stereocenters. The largest absolute Gasteiger partial charge is 0.379 e. The first-order chi connectivity index (χ1) is 11.2. The first-order valence-electron chi connectivity index (χ1n) is 8.80. The first-order valence-corrected chi connectivity index (χ1v) is 8.80. The Bertz CT molecular complexity index is 494. The van der Waals surface area contributed by atoms with E-state index in [4.69, 9.17) is 4.74 Å². The number of rotatable bonds is 7. The summed E-state index contributed by atoms with van der Waals surface area (Å²) in [4.78, 5) is 15.2. The molecule has 23 heavy (non-hydrogen) atoms. The van der Waals surface area contributed by atoms with Crippen LogP contribution in [0.3, 0.4) is 0 Å². The van der Waals surface area contributed by atoms with Crippen molar-refractivity contribution >= 4 is 5.91 Å². The van der Waals surface area contributed by atoms with Crippen molar-refractivity contribution in [3.05, 3.63) is 35.4 Å². The van der Waals surface area contributed by atoms with Gasteiger partial charge < -0.3 is 10.1 Å². The number of morpholine rings is 1. The van der Waals surface area contributed by atoms with Crippen molar-refractivity contribution in [1.82, 2.24) is 10.2 Å². The molecule has 1 aromatic carbocycles. The molecule has 1 N–H and O–H groups in total. The lowest BCUT2D eigenvalue weighted by molar-refractivity contribution is -0.131. The number of hydrogen-bond donors (Lipinski definition) is 1. The average molecular weight is 318 g/mol. The number of nitrogens with one attached hydrogen (secondary N) is 1. The van der Waals surface area contributed by atoms with E-state index in [0.717, 1.165) is 44.7 Å². The summed E-state index contributed by atoms with van der Waals surface area (Å²) in [7, 11) is 0. The Balaban J connectivity index is 2.03. The Kier molecular flexibility index (Phi) is 7.06. The van der Waals surface area contributed by atoms with Crippen LogP contribution in [0.15, 0.2) is 24.3 Å². The van der Waals surface area contributed by atoms with E-state index in [0.29, 0.717) is 12.5 Å². The molecule has 1 amide bonds. The predicted octanol–water partition coefficient (Wildman–Crippen LogP) is 2.75. The van der Waals surface area contributed by atoms with E-state index in [9.17, 15) is 4.79 Å². The number of carbonyl (C=O) groups excluding carboxylic acids is 1. The number of amides is 1. The summed E-state index contributed by atoms with van der Waals surface area (Å²) in [6.45, 7) is 10.2. The monoisotopic (exact) mass is 318 g/mol. The maximum absolute atomic E-state index is 12.9. The van der Waals surface area contributed by atoms with Crippen molar-refractivity contribution in [1.29, 1.82) is 0 Å². The molecule has 1 aliphatic heterocycles. The molecule has 1 saturated heterocycles. The molecule has 4 heteroatoms. The highest BCUT2D eigenvalue weighted by molar-refractivity contribution is 5.82. The molecule has 0 aliphatic carbocycles. The Labute approximate surface area is 140 Å². The molecule has 4 nitrogen and oxygen atoms in total. The molecule has 2 rings (SSSR count). The standard InChI is InChI=1S/C19H30N2O2/c1-4-17(5-2)18(21-9-11-23-12-10-21)19(22)20-14-16-8-6-7-15(3)13-16/h6-8,13,17-18H,4-5,9-12,14H2,1-3H3,(H,20,22)/t18-/m0/s1. The van der Waals surface area contributed by atoms with Crippen LogP contribution in [0.5, 0.6) is 0 Å². The van der Waals surface area contributed by atoms with Gasteiger partial charge in [-0.25, -0.2) is 0 Å². The van der Waals surface area contributed by atoms with Crippen LogP contribution in [0, 0.1) is 12.8 Å². The van der Waals surface area contributed by atoms with Crippen LogP contribution in [-0.4, -0.2) is 43.2 Å². The number of hydrogen-bond acceptors (Lipinski definition) is 3. The second-order valence-corrected chi connectivity index (χ2v) is 6.38. The van der Waals surface area contributed by atoms with Crippen LogP contribution in [0.2, 0.25) is 0 Å². The summed E-state index contributed by atoms with van der Waals surface area (Å²) in [6, 6.07) is 8.26. The number of aryl methyl sites for hydroxylation is 1. The van der Waals surface area contributed by atoms with Crippen LogP contribution in [0.25, 0.3) is 0 Å². The van der Waals surface area contributed by atoms with Gasteiger partial charge in [-0.3, -0.25) is 9.69 Å². The SMILES string of the molecule is CCC(CC)[C@@H](C(=O)NCc1cccc(C)c1)N1CCOCC1. The Hall–Kier alpha value is -1.39. The van der Waals surface area contributed by atoms with E-state index >= 15 is 0 Å². The predicted molar refractivity (Wildman–Crippen MR) is 93.3 cm³/mol. The van der Waals surface area contributed by atoms with Crippen molar-refractivity contribution < 1.29 is 9.53 Å². The van der Waals surface area contributed by atoms with E-state index in [2.05, 4.69) is 49.2 Å². The Morgan fingerprint density at radius 3 is 2.57 bits per heavy atom. The third-order valence-corrected chi connectivity index (χ3v) is 4.75. The third-order valence-electron chi connectivity index (χ3n) is 4.75. The van der Waals surface area contributed by atoms with Gasteiger partial charge in [-0.2, -0.15) is 0 Å². The minimum absolute atomic E-state index is 0.0429. The van der Waals surface area contributed by atoms with Crippen LogP contribution in [0.4, 0.5) is 0 Å². The molecule has 0 spiro atoms. The Morgan fingerprint density at radius 2 is 1.96 bits per heavy atom. The zero-order valence-corrected chi connectivity index (χ0v) is 14.7. The van der Waals surface area contributed by atoms with Gasteiger partial charge >= 0.3 is 0 Å². The molecular formula is C19H30N2O2. The molecule has 0 radical (unpaired) electrons. The van der Waals surface area contributed by atoms with Gasteiger partial charge in [-0.1, -0.05) is 56.5 Å². The first kappa shape index (κ1) is 18.0. The van der Waals surface area contributed by atoms with Gasteiger partial charge in [0.2, 0.25) is 5.91 Å². The fraction of sp³-hybridized carbons (Fsp3) is 0.632. The van der Waals surface area contributed by atoms with E-state index < -0.39 is 0 Å². The fourth-order valence-electron chi connectivity index (χ4n) is 3.38. The molecule has 1 fully saturated rings. The van der Waals surface area contributed by atoms with Crippen LogP contribution < -0.4 is 5.32 Å². The van der Waals surface area contributed by atoms with Crippen molar-refractivity contribution in [3.63, 3.8) is 0 Å². The van der Waals surface area contributed by atoms with Crippen LogP contribution in [0.1, 0.15) is 37.8 Å². The van der Waals surface area contributed by atoms with Gasteiger partial charge in [-0.15, -0.1) is 0 Å². The molecular weight excluding hydrogens is 288 g/mol. The summed E-state index contributed by atoms with van der Waals surface area (Å²) in [5.41, 5.74) is 2.38. The summed E-state index contributed by atoms with van der Waals surface area (Å²) in [5, 5.41) is 3.15. The molecule has 1 heterocycles. The van der Waals surface area contributed by atoms with Crippen molar-refractivity contribution in [2.75, 3.05) is 26.3 Å². The van der Waals surface area contributed by atoms with E-state index in [1.54, 1.807) is 0 Å². The lowest BCUT2D eigenvalue weighted by atomic mass is 9.91. The normalized spacial score (nSPS) is 17.2. The molecule has 0 bridgehead atoms. The summed E-state index contributed by atoms with van der Waals surface area (Å²) < 4.78 is 5.45. The van der Waals surface area contributed by atoms with E-state index in [-0.39, 0.29) is 11.9 Å². The highest BCUT2D eigenvalue weighted by atomic mass is 16.5. The topological polar surface area (TPSA) is 41.6 Å². The number of carbonyl (C=O) groups is 1. The van der Waals surface area contributed by atoms with Gasteiger partial charge in [0.25, 0.3) is 0 Å². The second-order valence-electron chi connectivity index (χ2n) is 6.38. The summed E-state index contributed by atoms with van der Waals surface area (Å²) in [5.74, 6) is 0.549. The van der Waals surface area contributed by atoms with Crippen molar-refractivity contribution in [3.8, 4) is 0 Å². The number of nitrogens with zero attached hydrogens (tertiary/aromatic N) is 1. The highest BCUT2D eigenvalue weighted by Gasteiger charge is 2.32. The van der Waals surface area contributed by atoms with Gasteiger partial charge in [0.1, 0.15) is 0 Å². The van der Waals surface area contributed by atoms with Gasteiger partial charge in [0.15, 0.2) is 0 Å². The van der Waals surface area contributed by atoms with Crippen molar-refractivity contribution in [2.45, 2.75) is 46.2 Å². The minimum atomic E-state index is -0.0429. The van der Waals surface area contributed by atoms with Crippen LogP contribution in [-0.2, 0) is 16.1 Å². The van der Waals surface area contributed by atoms with E-state index in [1.165, 1.54) is 5.56 Å². The molecule has 0 aromatic heterocycles. The third kappa shape index (κ3) is 5.05. The van der Waals surface area contributed by atoms with E-state index in [1.807, 2.05) is 6.07 Å². The summed E-state index contributed by atoms with van der Waals surface area (Å²) >= 11 is 0. The van der Waals surface area contributed by atoms with Gasteiger partial charge in [0.05, 0.1) is 19.3 Å². The molecule has 1 aliphatic rings. The lowest BCUT2D eigenvalue weighted by Gasteiger charge is -2.37. The fourth-order valence-corrected chi connectivity index (χ4v) is 3.38. The van der Waals surface area contributed by atoms with Crippen LogP contribution >= 0.6 is 0 Å². The zero-order valence-electron chi connectivity index (χ0n) is 14.7. The molecule has 0 saturated carbocycles. The maximum Gasteiger partial charge on any atom is 0.237 e. The van der Waals surface area contributed by atoms with Gasteiger partial charge in [-0.05, 0) is 18.4 Å². The maximum atomic E-state index is 12.9. The molecule has 0 unspecified atom stereocenters. The molecule has 128 valence electrons. The number of ether oxygens (including phenoxy) is 1. The average Bonchev–Trinajstić information content (AvgIpc) is 2.58. The lowest BCUT2D eigenvalue weighted by Crippen LogP contribution is -2.54. The number of benzene rings is 1. The van der Waals surface area contributed by atoms with Gasteiger partial charge in [0, 0.05) is 19.6 Å². The smallest absolute Gasteiger partial charge is 0.237 e. The van der Waals surface area contributed by atoms with Crippen molar-refractivity contribution in [2.24, 2.45) is 5.92 Å². The Morgan fingerprint density at radius 1 is 1.26 bits per heavy atom. The quantitative estimate of drug-likeness (QED) is 0.840. The summed E-state index contributed by atoms with van der Waals surface area (Å²) in [6.07, 6.45) is 2.05.